The molecule has 0 saturated heterocycles. The summed E-state index contributed by atoms with van der Waals surface area (Å²) >= 11 is 0. The van der Waals surface area contributed by atoms with Crippen LogP contribution in [-0.2, 0) is 13.7 Å². The highest BCUT2D eigenvalue weighted by atomic mass is 31.1. The molecule has 0 bridgehead atoms. The quantitative estimate of drug-likeness (QED) is 0.406. The van der Waals surface area contributed by atoms with Crippen LogP contribution in [0, 0.1) is 0 Å². The number of rotatable bonds is 2. The van der Waals surface area contributed by atoms with Crippen molar-refractivity contribution in [3.8, 4) is 0 Å². The molecule has 0 amide bonds. The van der Waals surface area contributed by atoms with Crippen molar-refractivity contribution in [2.75, 3.05) is 7.11 Å². The Bertz CT molecular complexity index is 48.8. The van der Waals surface area contributed by atoms with Crippen LogP contribution in [-0.4, -0.2) is 7.11 Å². The van der Waals surface area contributed by atoms with Gasteiger partial charge in [-0.3, -0.25) is 0 Å². The van der Waals surface area contributed by atoms with Gasteiger partial charge in [0.1, 0.15) is 0 Å². The van der Waals surface area contributed by atoms with Crippen molar-refractivity contribution in [3.05, 3.63) is 0 Å². The van der Waals surface area contributed by atoms with E-state index in [2.05, 4.69) is 15.0 Å². The zero-order chi connectivity index (χ0) is 4.99. The van der Waals surface area contributed by atoms with Crippen molar-refractivity contribution in [1.29, 1.82) is 0 Å². The zero-order valence-corrected chi connectivity index (χ0v) is 4.14. The Labute approximate surface area is 36.1 Å². The molecule has 0 saturated carbocycles. The molecule has 6 heavy (non-hydrogen) atoms. The Balaban J connectivity index is 2.99. The van der Waals surface area contributed by atoms with E-state index in [9.17, 15) is 4.57 Å². The lowest BCUT2D eigenvalue weighted by Gasteiger charge is -1.66. The van der Waals surface area contributed by atoms with E-state index in [1.807, 2.05) is 0 Å². The second-order valence-electron chi connectivity index (χ2n) is 0.512. The first kappa shape index (κ1) is 5.98. The third-order valence-corrected chi connectivity index (χ3v) is 0.705. The highest BCUT2D eigenvalue weighted by Gasteiger charge is 2.12. The topological polar surface area (TPSA) is 61.5 Å². The van der Waals surface area contributed by atoms with Crippen molar-refractivity contribution in [2.24, 2.45) is 5.90 Å². The minimum atomic E-state index is -2.05. The molecule has 0 aromatic rings. The van der Waals surface area contributed by atoms with E-state index in [4.69, 9.17) is 0 Å². The smallest absolute Gasteiger partial charge is 0.162 e. The lowest BCUT2D eigenvalue weighted by Crippen LogP contribution is -1.87. The maximum Gasteiger partial charge on any atom is 0.715 e. The monoisotopic (exact) mass is 110 g/mol. The van der Waals surface area contributed by atoms with E-state index in [1.165, 1.54) is 7.11 Å². The molecule has 0 aromatic carbocycles. The summed E-state index contributed by atoms with van der Waals surface area (Å²) in [6.45, 7) is 0. The van der Waals surface area contributed by atoms with Gasteiger partial charge in [0.05, 0.1) is 7.11 Å². The predicted molar refractivity (Wildman–Crippen MR) is 19.9 cm³/mol. The Morgan fingerprint density at radius 3 is 2.33 bits per heavy atom. The first-order chi connectivity index (χ1) is 2.81. The van der Waals surface area contributed by atoms with Crippen LogP contribution in [0.15, 0.2) is 0 Å². The first-order valence-electron chi connectivity index (χ1n) is 1.19. The Hall–Kier alpha value is -0.0200. The molecule has 0 aliphatic heterocycles. The van der Waals surface area contributed by atoms with Gasteiger partial charge in [0.2, 0.25) is 0 Å². The van der Waals surface area contributed by atoms with E-state index >= 15 is 0 Å². The molecule has 0 aliphatic carbocycles. The van der Waals surface area contributed by atoms with Crippen LogP contribution in [0.25, 0.3) is 0 Å². The number of hydrogen-bond donors (Lipinski definition) is 1. The number of nitrogens with two attached hydrogens (primary N) is 1. The normalized spacial score (nSPS) is 11.3. The maximum atomic E-state index is 9.76. The summed E-state index contributed by atoms with van der Waals surface area (Å²) in [6.07, 6.45) is 0. The van der Waals surface area contributed by atoms with Crippen LogP contribution < -0.4 is 5.90 Å². The third kappa shape index (κ3) is 2.23. The molecule has 0 aliphatic rings. The van der Waals surface area contributed by atoms with Crippen LogP contribution in [0.1, 0.15) is 0 Å². The van der Waals surface area contributed by atoms with Crippen LogP contribution in [0.3, 0.4) is 0 Å². The largest absolute Gasteiger partial charge is 0.715 e. The van der Waals surface area contributed by atoms with E-state index in [1.54, 1.807) is 0 Å². The SMILES string of the molecule is CO[P+](=O)ON. The van der Waals surface area contributed by atoms with Gasteiger partial charge in [-0.1, -0.05) is 0 Å². The van der Waals surface area contributed by atoms with Gasteiger partial charge in [0, 0.05) is 4.57 Å². The van der Waals surface area contributed by atoms with E-state index in [0.717, 1.165) is 0 Å². The number of hydrogen-bond acceptors (Lipinski definition) is 4. The molecule has 0 aromatic heterocycles. The molecule has 1 unspecified atom stereocenters. The highest BCUT2D eigenvalue weighted by molar-refractivity contribution is 7.33. The zero-order valence-electron chi connectivity index (χ0n) is 3.25. The van der Waals surface area contributed by atoms with E-state index in [-0.39, 0.29) is 0 Å². The summed E-state index contributed by atoms with van der Waals surface area (Å²) in [4.78, 5) is 0. The lowest BCUT2D eigenvalue weighted by atomic mass is 11.8. The fourth-order valence-electron chi connectivity index (χ4n) is 0.0430. The van der Waals surface area contributed by atoms with Gasteiger partial charge in [0.25, 0.3) is 0 Å². The molecule has 2 N–H and O–H groups in total. The van der Waals surface area contributed by atoms with E-state index in [0.29, 0.717) is 0 Å². The molecule has 0 heterocycles. The summed E-state index contributed by atoms with van der Waals surface area (Å²) in [5.74, 6) is 4.37. The minimum absolute atomic E-state index is 1.24. The molecule has 0 spiro atoms. The van der Waals surface area contributed by atoms with Crippen LogP contribution >= 0.6 is 8.25 Å². The van der Waals surface area contributed by atoms with Crippen LogP contribution in [0.5, 0.6) is 0 Å². The lowest BCUT2D eigenvalue weighted by molar-refractivity contribution is 0.263. The van der Waals surface area contributed by atoms with Crippen molar-refractivity contribution in [2.45, 2.75) is 0 Å². The molecule has 1 atom stereocenters. The summed E-state index contributed by atoms with van der Waals surface area (Å²) in [7, 11) is -0.807. The average molecular weight is 110 g/mol. The van der Waals surface area contributed by atoms with E-state index < -0.39 is 8.25 Å². The summed E-state index contributed by atoms with van der Waals surface area (Å²) in [5.41, 5.74) is 0. The first-order valence-corrected chi connectivity index (χ1v) is 2.29. The minimum Gasteiger partial charge on any atom is -0.162 e. The van der Waals surface area contributed by atoms with Gasteiger partial charge < -0.3 is 0 Å². The summed E-state index contributed by atoms with van der Waals surface area (Å²) in [5, 5.41) is 0. The second-order valence-corrected chi connectivity index (χ2v) is 1.53. The maximum absolute atomic E-state index is 9.76. The van der Waals surface area contributed by atoms with Crippen molar-refractivity contribution in [3.63, 3.8) is 0 Å². The van der Waals surface area contributed by atoms with Gasteiger partial charge in [-0.05, 0) is 4.62 Å². The van der Waals surface area contributed by atoms with Crippen LogP contribution in [0.4, 0.5) is 0 Å². The Morgan fingerprint density at radius 2 is 2.33 bits per heavy atom. The molecular formula is CH5NO3P+. The fraction of sp³-hybridized carbons (Fsp3) is 1.00. The molecule has 5 heteroatoms. The fourth-order valence-corrected chi connectivity index (χ4v) is 0.129. The molecule has 4 nitrogen and oxygen atoms in total. The molecule has 0 rings (SSSR count). The van der Waals surface area contributed by atoms with Crippen LogP contribution in [0.2, 0.25) is 0 Å². The summed E-state index contributed by atoms with van der Waals surface area (Å²) < 4.78 is 17.5. The standard InChI is InChI=1S/CH5NO3P/c1-4-6(3)5-2/h2H2,1H3/q+1. The van der Waals surface area contributed by atoms with Crippen molar-refractivity contribution in [1.82, 2.24) is 0 Å². The third-order valence-electron chi connectivity index (χ3n) is 0.235. The highest BCUT2D eigenvalue weighted by Crippen LogP contribution is 2.16. The second kappa shape index (κ2) is 3.18. The molecule has 36 valence electrons. The summed E-state index contributed by atoms with van der Waals surface area (Å²) in [6, 6.07) is 0. The predicted octanol–water partition coefficient (Wildman–Crippen LogP) is 0.180. The van der Waals surface area contributed by atoms with Gasteiger partial charge in [-0.25, -0.2) is 0 Å². The van der Waals surface area contributed by atoms with Gasteiger partial charge in [-0.15, -0.1) is 4.52 Å². The van der Waals surface area contributed by atoms with Crippen molar-refractivity contribution >= 4 is 8.25 Å². The molecular weight excluding hydrogens is 105 g/mol. The Kier molecular flexibility index (Phi) is 3.17. The van der Waals surface area contributed by atoms with Crippen molar-refractivity contribution < 1.29 is 13.7 Å². The average Bonchev–Trinajstić information content (AvgIpc) is 1.65. The van der Waals surface area contributed by atoms with Gasteiger partial charge >= 0.3 is 8.25 Å². The Morgan fingerprint density at radius 1 is 1.83 bits per heavy atom. The van der Waals surface area contributed by atoms with Gasteiger partial charge in [-0.2, -0.15) is 5.90 Å². The van der Waals surface area contributed by atoms with Gasteiger partial charge in [0.15, 0.2) is 0 Å². The molecule has 0 radical (unpaired) electrons. The molecule has 0 fully saturated rings.